The van der Waals surface area contributed by atoms with Crippen molar-refractivity contribution in [3.05, 3.63) is 23.6 Å². The van der Waals surface area contributed by atoms with E-state index in [0.29, 0.717) is 5.69 Å². The van der Waals surface area contributed by atoms with E-state index in [1.807, 2.05) is 6.92 Å². The lowest BCUT2D eigenvalue weighted by Crippen LogP contribution is -1.90. The Labute approximate surface area is 73.7 Å². The molecule has 0 saturated carbocycles. The van der Waals surface area contributed by atoms with Crippen LogP contribution in [-0.2, 0) is 0 Å². The van der Waals surface area contributed by atoms with Gasteiger partial charge in [-0.1, -0.05) is 0 Å². The van der Waals surface area contributed by atoms with Crippen molar-refractivity contribution in [2.75, 3.05) is 5.73 Å². The minimum atomic E-state index is 0.711. The second kappa shape index (κ2) is 2.60. The second-order valence-electron chi connectivity index (χ2n) is 2.45. The van der Waals surface area contributed by atoms with Crippen LogP contribution in [0.4, 0.5) is 5.69 Å². The number of nitrogen functional groups attached to an aromatic ring is 1. The van der Waals surface area contributed by atoms with Gasteiger partial charge in [0.1, 0.15) is 5.00 Å². The molecular formula is C7H8N4S. The van der Waals surface area contributed by atoms with Gasteiger partial charge >= 0.3 is 0 Å². The van der Waals surface area contributed by atoms with Gasteiger partial charge in [0.05, 0.1) is 29.3 Å². The van der Waals surface area contributed by atoms with E-state index in [0.717, 1.165) is 10.7 Å². The van der Waals surface area contributed by atoms with Gasteiger partial charge in [0.25, 0.3) is 0 Å². The van der Waals surface area contributed by atoms with Crippen LogP contribution in [0.25, 0.3) is 5.00 Å². The zero-order valence-electron chi connectivity index (χ0n) is 6.56. The molecule has 0 bridgehead atoms. The molecule has 0 spiro atoms. The van der Waals surface area contributed by atoms with E-state index in [-0.39, 0.29) is 0 Å². The molecule has 0 aliphatic carbocycles. The summed E-state index contributed by atoms with van der Waals surface area (Å²) in [4.78, 5) is 3.95. The standard InChI is InChI=1S/C7H8N4S/c1-5-6(8)3-11(10-5)7-2-9-4-12-7/h2-4H,8H2,1H3. The molecule has 12 heavy (non-hydrogen) atoms. The van der Waals surface area contributed by atoms with E-state index in [1.54, 1.807) is 22.6 Å². The Hall–Kier alpha value is -1.36. The number of thiazole rings is 1. The van der Waals surface area contributed by atoms with Crippen LogP contribution in [0.5, 0.6) is 0 Å². The highest BCUT2D eigenvalue weighted by atomic mass is 32.1. The molecule has 0 aliphatic heterocycles. The first-order chi connectivity index (χ1) is 5.77. The number of nitrogens with two attached hydrogens (primary N) is 1. The molecule has 62 valence electrons. The average molecular weight is 180 g/mol. The van der Waals surface area contributed by atoms with E-state index in [1.165, 1.54) is 11.3 Å². The second-order valence-corrected chi connectivity index (χ2v) is 3.32. The van der Waals surface area contributed by atoms with Crippen LogP contribution in [0.2, 0.25) is 0 Å². The van der Waals surface area contributed by atoms with Crippen LogP contribution in [-0.4, -0.2) is 14.8 Å². The molecule has 0 fully saturated rings. The Bertz CT molecular complexity index is 357. The molecule has 2 heterocycles. The number of hydrogen-bond donors (Lipinski definition) is 1. The maximum atomic E-state index is 5.65. The van der Waals surface area contributed by atoms with Gasteiger partial charge in [-0.2, -0.15) is 5.10 Å². The molecule has 2 aromatic rings. The van der Waals surface area contributed by atoms with E-state index in [9.17, 15) is 0 Å². The third-order valence-corrected chi connectivity index (χ3v) is 2.34. The average Bonchev–Trinajstić information content (AvgIpc) is 2.61. The molecule has 2 N–H and O–H groups in total. The van der Waals surface area contributed by atoms with Crippen molar-refractivity contribution < 1.29 is 0 Å². The predicted octanol–water partition coefficient (Wildman–Crippen LogP) is 1.22. The molecule has 0 amide bonds. The first kappa shape index (κ1) is 7.30. The molecule has 5 heteroatoms. The number of nitrogens with zero attached hydrogens (tertiary/aromatic N) is 3. The van der Waals surface area contributed by atoms with Crippen LogP contribution < -0.4 is 5.73 Å². The summed E-state index contributed by atoms with van der Waals surface area (Å²) >= 11 is 1.53. The lowest BCUT2D eigenvalue weighted by atomic mass is 10.4. The van der Waals surface area contributed by atoms with Crippen molar-refractivity contribution in [3.8, 4) is 5.00 Å². The van der Waals surface area contributed by atoms with Crippen LogP contribution in [0, 0.1) is 6.92 Å². The Morgan fingerprint density at radius 2 is 2.42 bits per heavy atom. The van der Waals surface area contributed by atoms with E-state index < -0.39 is 0 Å². The van der Waals surface area contributed by atoms with Crippen molar-refractivity contribution in [2.45, 2.75) is 6.92 Å². The van der Waals surface area contributed by atoms with Crippen molar-refractivity contribution in [3.63, 3.8) is 0 Å². The molecule has 0 aliphatic rings. The quantitative estimate of drug-likeness (QED) is 0.717. The number of rotatable bonds is 1. The summed E-state index contributed by atoms with van der Waals surface area (Å²) in [5.74, 6) is 0. The molecule has 4 nitrogen and oxygen atoms in total. The maximum Gasteiger partial charge on any atom is 0.137 e. The number of aryl methyl sites for hydroxylation is 1. The lowest BCUT2D eigenvalue weighted by molar-refractivity contribution is 0.875. The fourth-order valence-corrected chi connectivity index (χ4v) is 1.46. The third kappa shape index (κ3) is 1.08. The van der Waals surface area contributed by atoms with Crippen LogP contribution in [0.3, 0.4) is 0 Å². The van der Waals surface area contributed by atoms with E-state index in [4.69, 9.17) is 5.73 Å². The van der Waals surface area contributed by atoms with Crippen LogP contribution in [0.1, 0.15) is 5.69 Å². The molecule has 2 rings (SSSR count). The number of hydrogen-bond acceptors (Lipinski definition) is 4. The molecule has 0 unspecified atom stereocenters. The molecule has 0 saturated heterocycles. The van der Waals surface area contributed by atoms with Crippen LogP contribution >= 0.6 is 11.3 Å². The normalized spacial score (nSPS) is 10.4. The molecule has 2 aromatic heterocycles. The largest absolute Gasteiger partial charge is 0.396 e. The molecular weight excluding hydrogens is 172 g/mol. The van der Waals surface area contributed by atoms with Gasteiger partial charge in [0, 0.05) is 0 Å². The Morgan fingerprint density at radius 1 is 1.58 bits per heavy atom. The van der Waals surface area contributed by atoms with E-state index >= 15 is 0 Å². The maximum absolute atomic E-state index is 5.65. The van der Waals surface area contributed by atoms with Crippen molar-refractivity contribution in [2.24, 2.45) is 0 Å². The van der Waals surface area contributed by atoms with Crippen molar-refractivity contribution in [1.29, 1.82) is 0 Å². The summed E-state index contributed by atoms with van der Waals surface area (Å²) in [6, 6.07) is 0. The highest BCUT2D eigenvalue weighted by molar-refractivity contribution is 7.12. The highest BCUT2D eigenvalue weighted by Gasteiger charge is 2.02. The zero-order chi connectivity index (χ0) is 8.55. The van der Waals surface area contributed by atoms with E-state index in [2.05, 4.69) is 10.1 Å². The minimum absolute atomic E-state index is 0.711. The molecule has 0 aromatic carbocycles. The van der Waals surface area contributed by atoms with Gasteiger partial charge in [-0.15, -0.1) is 11.3 Å². The van der Waals surface area contributed by atoms with Gasteiger partial charge in [-0.3, -0.25) is 4.98 Å². The summed E-state index contributed by atoms with van der Waals surface area (Å²) in [6.07, 6.45) is 3.55. The van der Waals surface area contributed by atoms with Crippen molar-refractivity contribution >= 4 is 17.0 Å². The highest BCUT2D eigenvalue weighted by Crippen LogP contribution is 2.15. The SMILES string of the molecule is Cc1nn(-c2cncs2)cc1N. The number of aromatic nitrogens is 3. The first-order valence-corrected chi connectivity index (χ1v) is 4.36. The lowest BCUT2D eigenvalue weighted by Gasteiger charge is -1.91. The topological polar surface area (TPSA) is 56.7 Å². The first-order valence-electron chi connectivity index (χ1n) is 3.48. The van der Waals surface area contributed by atoms with Crippen LogP contribution in [0.15, 0.2) is 17.9 Å². The Kier molecular flexibility index (Phi) is 1.58. The predicted molar refractivity (Wildman–Crippen MR) is 48.4 cm³/mol. The summed E-state index contributed by atoms with van der Waals surface area (Å²) in [7, 11) is 0. The minimum Gasteiger partial charge on any atom is -0.396 e. The monoisotopic (exact) mass is 180 g/mol. The van der Waals surface area contributed by atoms with Gasteiger partial charge < -0.3 is 5.73 Å². The summed E-state index contributed by atoms with van der Waals surface area (Å²) in [5.41, 5.74) is 8.98. The zero-order valence-corrected chi connectivity index (χ0v) is 7.38. The summed E-state index contributed by atoms with van der Waals surface area (Å²) in [5, 5.41) is 5.20. The van der Waals surface area contributed by atoms with Crippen molar-refractivity contribution in [1.82, 2.24) is 14.8 Å². The fourth-order valence-electron chi connectivity index (χ4n) is 0.908. The Balaban J connectivity index is 2.48. The number of anilines is 1. The fraction of sp³-hybridized carbons (Fsp3) is 0.143. The smallest absolute Gasteiger partial charge is 0.137 e. The molecule has 0 radical (unpaired) electrons. The van der Waals surface area contributed by atoms with Gasteiger partial charge in [-0.25, -0.2) is 4.68 Å². The summed E-state index contributed by atoms with van der Waals surface area (Å²) in [6.45, 7) is 1.88. The van der Waals surface area contributed by atoms with Gasteiger partial charge in [0.15, 0.2) is 0 Å². The Morgan fingerprint density at radius 3 is 2.92 bits per heavy atom. The van der Waals surface area contributed by atoms with Gasteiger partial charge in [-0.05, 0) is 6.92 Å². The third-order valence-electron chi connectivity index (χ3n) is 1.58. The summed E-state index contributed by atoms with van der Waals surface area (Å²) < 4.78 is 1.74. The van der Waals surface area contributed by atoms with Gasteiger partial charge in [0.2, 0.25) is 0 Å². The molecule has 0 atom stereocenters.